The first-order chi connectivity index (χ1) is 9.15. The quantitative estimate of drug-likeness (QED) is 0.891. The molecule has 0 bridgehead atoms. The fourth-order valence-electron chi connectivity index (χ4n) is 1.98. The van der Waals surface area contributed by atoms with E-state index >= 15 is 0 Å². The number of aliphatic hydroxyl groups excluding tert-OH is 1. The summed E-state index contributed by atoms with van der Waals surface area (Å²) in [5.74, 6) is 2.15. The molecule has 0 amide bonds. The van der Waals surface area contributed by atoms with Crippen LogP contribution in [-0.4, -0.2) is 28.9 Å². The number of nitrogens with zero attached hydrogens (tertiary/aromatic N) is 2. The Labute approximate surface area is 112 Å². The van der Waals surface area contributed by atoms with E-state index in [2.05, 4.69) is 4.98 Å². The summed E-state index contributed by atoms with van der Waals surface area (Å²) in [5, 5.41) is 10.4. The third-order valence-corrected chi connectivity index (χ3v) is 3.09. The van der Waals surface area contributed by atoms with Crippen LogP contribution >= 0.6 is 0 Å². The van der Waals surface area contributed by atoms with Gasteiger partial charge in [-0.25, -0.2) is 4.98 Å². The number of rotatable bonds is 5. The molecule has 102 valence electrons. The lowest BCUT2D eigenvalue weighted by Gasteiger charge is -2.15. The van der Waals surface area contributed by atoms with Gasteiger partial charge in [-0.2, -0.15) is 0 Å². The Bertz CT molecular complexity index is 551. The molecular formula is C14H18N2O3. The van der Waals surface area contributed by atoms with Crippen molar-refractivity contribution >= 4 is 0 Å². The van der Waals surface area contributed by atoms with Crippen molar-refractivity contribution in [3.63, 3.8) is 0 Å². The molecular weight excluding hydrogens is 244 g/mol. The lowest BCUT2D eigenvalue weighted by Crippen LogP contribution is -2.08. The Morgan fingerprint density at radius 2 is 2.11 bits per heavy atom. The number of hydrogen-bond donors (Lipinski definition) is 1. The zero-order valence-corrected chi connectivity index (χ0v) is 11.3. The van der Waals surface area contributed by atoms with Crippen molar-refractivity contribution in [3.8, 4) is 11.5 Å². The van der Waals surface area contributed by atoms with Crippen molar-refractivity contribution < 1.29 is 14.6 Å². The highest BCUT2D eigenvalue weighted by molar-refractivity contribution is 5.41. The first-order valence-electron chi connectivity index (χ1n) is 6.02. The molecule has 0 aliphatic carbocycles. The summed E-state index contributed by atoms with van der Waals surface area (Å²) < 4.78 is 12.3. The molecule has 1 unspecified atom stereocenters. The second-order valence-corrected chi connectivity index (χ2v) is 4.28. The molecule has 1 N–H and O–H groups in total. The first kappa shape index (κ1) is 13.4. The van der Waals surface area contributed by atoms with Crippen LogP contribution in [0, 0.1) is 0 Å². The van der Waals surface area contributed by atoms with Gasteiger partial charge in [0.15, 0.2) is 0 Å². The van der Waals surface area contributed by atoms with E-state index in [0.717, 1.165) is 5.82 Å². The number of aromatic nitrogens is 2. The monoisotopic (exact) mass is 262 g/mol. The lowest BCUT2D eigenvalue weighted by atomic mass is 10.0. The molecule has 1 atom stereocenters. The van der Waals surface area contributed by atoms with Gasteiger partial charge in [-0.3, -0.25) is 0 Å². The van der Waals surface area contributed by atoms with Crippen LogP contribution < -0.4 is 9.47 Å². The van der Waals surface area contributed by atoms with Crippen LogP contribution in [-0.2, 0) is 13.5 Å². The molecule has 0 radical (unpaired) electrons. The number of benzene rings is 1. The summed E-state index contributed by atoms with van der Waals surface area (Å²) in [6.45, 7) is 0. The summed E-state index contributed by atoms with van der Waals surface area (Å²) in [4.78, 5) is 4.21. The average Bonchev–Trinajstić information content (AvgIpc) is 2.83. The molecule has 5 heteroatoms. The topological polar surface area (TPSA) is 56.5 Å². The Morgan fingerprint density at radius 1 is 1.32 bits per heavy atom. The fourth-order valence-corrected chi connectivity index (χ4v) is 1.98. The molecule has 0 saturated carbocycles. The first-order valence-corrected chi connectivity index (χ1v) is 6.02. The van der Waals surface area contributed by atoms with Crippen LogP contribution in [0.15, 0.2) is 30.6 Å². The minimum absolute atomic E-state index is 0.424. The number of imidazole rings is 1. The third-order valence-electron chi connectivity index (χ3n) is 3.09. The van der Waals surface area contributed by atoms with Gasteiger partial charge in [-0.15, -0.1) is 0 Å². The van der Waals surface area contributed by atoms with Crippen LogP contribution in [0.1, 0.15) is 17.5 Å². The van der Waals surface area contributed by atoms with Crippen molar-refractivity contribution in [2.45, 2.75) is 12.5 Å². The Morgan fingerprint density at radius 3 is 2.68 bits per heavy atom. The lowest BCUT2D eigenvalue weighted by molar-refractivity contribution is 0.170. The maximum absolute atomic E-state index is 10.4. The molecule has 0 aliphatic rings. The van der Waals surface area contributed by atoms with E-state index in [1.54, 1.807) is 38.6 Å². The molecule has 1 aromatic carbocycles. The second kappa shape index (κ2) is 5.75. The molecule has 5 nitrogen and oxygen atoms in total. The Balaban J connectivity index is 2.26. The third kappa shape index (κ3) is 2.88. The highest BCUT2D eigenvalue weighted by Crippen LogP contribution is 2.30. The number of aryl methyl sites for hydroxylation is 1. The molecule has 2 rings (SSSR count). The van der Waals surface area contributed by atoms with Crippen molar-refractivity contribution in [2.24, 2.45) is 7.05 Å². The smallest absolute Gasteiger partial charge is 0.124 e. The van der Waals surface area contributed by atoms with Crippen LogP contribution in [0.3, 0.4) is 0 Å². The molecule has 0 saturated heterocycles. The van der Waals surface area contributed by atoms with E-state index in [1.807, 2.05) is 17.8 Å². The predicted molar refractivity (Wildman–Crippen MR) is 71.4 cm³/mol. The van der Waals surface area contributed by atoms with Crippen LogP contribution in [0.4, 0.5) is 0 Å². The SMILES string of the molecule is COc1ccc(OC)c(C(O)Cc2nccn2C)c1. The molecule has 1 aromatic heterocycles. The minimum Gasteiger partial charge on any atom is -0.497 e. The number of aliphatic hydroxyl groups is 1. The Hall–Kier alpha value is -2.01. The highest BCUT2D eigenvalue weighted by Gasteiger charge is 2.17. The van der Waals surface area contributed by atoms with E-state index in [-0.39, 0.29) is 0 Å². The van der Waals surface area contributed by atoms with Gasteiger partial charge in [-0.05, 0) is 18.2 Å². The van der Waals surface area contributed by atoms with Crippen LogP contribution in [0.5, 0.6) is 11.5 Å². The summed E-state index contributed by atoms with van der Waals surface area (Å²) in [6, 6.07) is 5.37. The largest absolute Gasteiger partial charge is 0.497 e. The van der Waals surface area contributed by atoms with Crippen molar-refractivity contribution in [2.75, 3.05) is 14.2 Å². The standard InChI is InChI=1S/C14H18N2O3/c1-16-7-6-15-14(16)9-12(17)11-8-10(18-2)4-5-13(11)19-3/h4-8,12,17H,9H2,1-3H3. The predicted octanol–water partition coefficient (Wildman–Crippen LogP) is 1.71. The zero-order chi connectivity index (χ0) is 13.8. The molecule has 0 aliphatic heterocycles. The van der Waals surface area contributed by atoms with Crippen LogP contribution in [0.25, 0.3) is 0 Å². The number of hydrogen-bond acceptors (Lipinski definition) is 4. The van der Waals surface area contributed by atoms with Crippen molar-refractivity contribution in [1.29, 1.82) is 0 Å². The van der Waals surface area contributed by atoms with Gasteiger partial charge in [-0.1, -0.05) is 0 Å². The second-order valence-electron chi connectivity index (χ2n) is 4.28. The van der Waals surface area contributed by atoms with Gasteiger partial charge >= 0.3 is 0 Å². The average molecular weight is 262 g/mol. The Kier molecular flexibility index (Phi) is 4.06. The maximum Gasteiger partial charge on any atom is 0.124 e. The van der Waals surface area contributed by atoms with Crippen molar-refractivity contribution in [3.05, 3.63) is 42.0 Å². The van der Waals surface area contributed by atoms with Gasteiger partial charge in [0.05, 0.1) is 20.3 Å². The minimum atomic E-state index is -0.689. The normalized spacial score (nSPS) is 12.2. The summed E-state index contributed by atoms with van der Waals surface area (Å²) in [7, 11) is 5.08. The summed E-state index contributed by atoms with van der Waals surface area (Å²) in [5.41, 5.74) is 0.699. The van der Waals surface area contributed by atoms with Crippen LogP contribution in [0.2, 0.25) is 0 Å². The fraction of sp³-hybridized carbons (Fsp3) is 0.357. The molecule has 0 spiro atoms. The van der Waals surface area contributed by atoms with E-state index in [1.165, 1.54) is 0 Å². The van der Waals surface area contributed by atoms with Gasteiger partial charge in [0, 0.05) is 31.4 Å². The van der Waals surface area contributed by atoms with Gasteiger partial charge in [0.1, 0.15) is 17.3 Å². The van der Waals surface area contributed by atoms with Crippen molar-refractivity contribution in [1.82, 2.24) is 9.55 Å². The number of methoxy groups -OCH3 is 2. The zero-order valence-electron chi connectivity index (χ0n) is 11.3. The van der Waals surface area contributed by atoms with E-state index < -0.39 is 6.10 Å². The van der Waals surface area contributed by atoms with Gasteiger partial charge in [0.2, 0.25) is 0 Å². The molecule has 1 heterocycles. The maximum atomic E-state index is 10.4. The van der Waals surface area contributed by atoms with E-state index in [9.17, 15) is 5.11 Å². The van der Waals surface area contributed by atoms with Gasteiger partial charge in [0.25, 0.3) is 0 Å². The summed E-state index contributed by atoms with van der Waals surface area (Å²) >= 11 is 0. The molecule has 19 heavy (non-hydrogen) atoms. The van der Waals surface area contributed by atoms with E-state index in [4.69, 9.17) is 9.47 Å². The van der Waals surface area contributed by atoms with E-state index in [0.29, 0.717) is 23.5 Å². The molecule has 0 fully saturated rings. The van der Waals surface area contributed by atoms with Gasteiger partial charge < -0.3 is 19.1 Å². The molecule has 2 aromatic rings. The summed E-state index contributed by atoms with van der Waals surface area (Å²) in [6.07, 6.45) is 3.30. The highest BCUT2D eigenvalue weighted by atomic mass is 16.5. The number of ether oxygens (including phenoxy) is 2.